The highest BCUT2D eigenvalue weighted by atomic mass is 19.4. The van der Waals surface area contributed by atoms with E-state index in [-0.39, 0.29) is 23.1 Å². The summed E-state index contributed by atoms with van der Waals surface area (Å²) in [6.07, 6.45) is -3.57. The topological polar surface area (TPSA) is 115 Å². The number of hydrogen-bond acceptors (Lipinski definition) is 7. The molecule has 0 aliphatic carbocycles. The summed E-state index contributed by atoms with van der Waals surface area (Å²) < 4.78 is 65.9. The lowest BCUT2D eigenvalue weighted by molar-refractivity contribution is -0.141. The van der Waals surface area contributed by atoms with Crippen LogP contribution in [-0.4, -0.2) is 21.8 Å². The molecule has 148 valence electrons. The van der Waals surface area contributed by atoms with Crippen molar-refractivity contribution in [3.05, 3.63) is 59.2 Å². The molecule has 0 bridgehead atoms. The first-order chi connectivity index (χ1) is 12.9. The summed E-state index contributed by atoms with van der Waals surface area (Å²) >= 11 is 0. The highest BCUT2D eigenvalue weighted by Gasteiger charge is 2.36. The van der Waals surface area contributed by atoms with Crippen LogP contribution in [0, 0.1) is 0 Å². The van der Waals surface area contributed by atoms with E-state index in [0.29, 0.717) is 6.92 Å². The number of alkyl halides is 5. The summed E-state index contributed by atoms with van der Waals surface area (Å²) in [6, 6.07) is 5.50. The van der Waals surface area contributed by atoms with Crippen molar-refractivity contribution >= 4 is 11.8 Å². The van der Waals surface area contributed by atoms with Gasteiger partial charge in [0.1, 0.15) is 17.1 Å². The first-order valence-electron chi connectivity index (χ1n) is 7.79. The molecule has 12 heteroatoms. The molecule has 28 heavy (non-hydrogen) atoms. The van der Waals surface area contributed by atoms with Crippen LogP contribution in [0.2, 0.25) is 0 Å². The lowest BCUT2D eigenvalue weighted by Gasteiger charge is -2.28. The van der Waals surface area contributed by atoms with Crippen LogP contribution in [-0.2, 0) is 17.9 Å². The minimum absolute atomic E-state index is 0.0213. The molecular weight excluding hydrogens is 385 g/mol. The summed E-state index contributed by atoms with van der Waals surface area (Å²) in [5.74, 6) is -5.66. The van der Waals surface area contributed by atoms with Crippen LogP contribution in [0.5, 0.6) is 0 Å². The Balaban J connectivity index is 2.08. The third-order valence-corrected chi connectivity index (χ3v) is 3.74. The fraction of sp³-hybridized carbons (Fsp3) is 0.250. The van der Waals surface area contributed by atoms with Crippen LogP contribution in [0.3, 0.4) is 0 Å². The molecule has 0 saturated carbocycles. The maximum Gasteiger partial charge on any atom is 0.433 e. The molecule has 1 aliphatic heterocycles. The van der Waals surface area contributed by atoms with Crippen LogP contribution in [0.1, 0.15) is 29.6 Å². The Morgan fingerprint density at radius 2 is 1.75 bits per heavy atom. The molecule has 0 amide bonds. The van der Waals surface area contributed by atoms with E-state index < -0.39 is 29.3 Å². The number of pyridine rings is 2. The van der Waals surface area contributed by atoms with Crippen LogP contribution in [0.25, 0.3) is 0 Å². The maximum absolute atomic E-state index is 13.6. The summed E-state index contributed by atoms with van der Waals surface area (Å²) in [6.45, 7) is 0.656. The fourth-order valence-electron chi connectivity index (χ4n) is 2.43. The van der Waals surface area contributed by atoms with Gasteiger partial charge in [0, 0.05) is 18.7 Å². The van der Waals surface area contributed by atoms with E-state index in [1.54, 1.807) is 0 Å². The minimum atomic E-state index is -4.67. The number of guanidine groups is 1. The number of rotatable bonds is 3. The average molecular weight is 399 g/mol. The van der Waals surface area contributed by atoms with Gasteiger partial charge in [-0.15, -0.1) is 0 Å². The summed E-state index contributed by atoms with van der Waals surface area (Å²) in [4.78, 5) is 15.1. The molecule has 0 aromatic carbocycles. The van der Waals surface area contributed by atoms with E-state index in [0.717, 1.165) is 24.4 Å². The minimum Gasteiger partial charge on any atom is -0.370 e. The normalized spacial score (nSPS) is 20.2. The van der Waals surface area contributed by atoms with E-state index in [9.17, 15) is 22.0 Å². The van der Waals surface area contributed by atoms with Gasteiger partial charge in [0.05, 0.1) is 0 Å². The number of aromatic nitrogens is 2. The van der Waals surface area contributed by atoms with Crippen molar-refractivity contribution in [1.82, 2.24) is 15.3 Å². The molecule has 0 spiro atoms. The zero-order chi connectivity index (χ0) is 20.7. The number of nitrogens with two attached hydrogens (primary N) is 2. The number of aliphatic imine (C=N–C) groups is 2. The number of amidine groups is 1. The van der Waals surface area contributed by atoms with E-state index >= 15 is 0 Å². The highest BCUT2D eigenvalue weighted by Crippen LogP contribution is 2.31. The Morgan fingerprint density at radius 1 is 1.04 bits per heavy atom. The first-order valence-corrected chi connectivity index (χ1v) is 7.79. The molecule has 0 saturated heterocycles. The second-order valence-electron chi connectivity index (χ2n) is 6.03. The Bertz CT molecular complexity index is 964. The molecule has 0 fully saturated rings. The molecule has 3 heterocycles. The quantitative estimate of drug-likeness (QED) is 0.684. The predicted molar refractivity (Wildman–Crippen MR) is 90.2 cm³/mol. The van der Waals surface area contributed by atoms with Gasteiger partial charge < -0.3 is 11.1 Å². The molecule has 2 aromatic rings. The summed E-state index contributed by atoms with van der Waals surface area (Å²) in [5, 5.41) is 2.49. The Labute approximate surface area is 155 Å². The van der Waals surface area contributed by atoms with Crippen molar-refractivity contribution in [3.8, 4) is 0 Å². The van der Waals surface area contributed by atoms with Gasteiger partial charge in [-0.05, 0) is 24.3 Å². The lowest BCUT2D eigenvalue weighted by Crippen LogP contribution is -2.49. The van der Waals surface area contributed by atoms with Crippen molar-refractivity contribution in [2.24, 2.45) is 21.5 Å². The zero-order valence-electron chi connectivity index (χ0n) is 14.3. The van der Waals surface area contributed by atoms with Crippen molar-refractivity contribution in [2.75, 3.05) is 0 Å². The molecular formula is C16H14F5N7. The van der Waals surface area contributed by atoms with Crippen molar-refractivity contribution < 1.29 is 22.0 Å². The number of hydrogen-bond donors (Lipinski definition) is 3. The Hall–Kier alpha value is -3.15. The average Bonchev–Trinajstić information content (AvgIpc) is 2.60. The second-order valence-corrected chi connectivity index (χ2v) is 6.03. The molecule has 2 aromatic heterocycles. The van der Waals surface area contributed by atoms with Gasteiger partial charge in [-0.2, -0.15) is 22.0 Å². The highest BCUT2D eigenvalue weighted by molar-refractivity contribution is 6.08. The van der Waals surface area contributed by atoms with Gasteiger partial charge in [0.2, 0.25) is 5.79 Å². The van der Waals surface area contributed by atoms with E-state index in [1.165, 1.54) is 12.1 Å². The molecule has 5 N–H and O–H groups in total. The maximum atomic E-state index is 13.6. The van der Waals surface area contributed by atoms with Gasteiger partial charge in [0.15, 0.2) is 11.8 Å². The van der Waals surface area contributed by atoms with E-state index in [4.69, 9.17) is 11.5 Å². The van der Waals surface area contributed by atoms with Gasteiger partial charge in [-0.3, -0.25) is 10.7 Å². The first kappa shape index (κ1) is 19.6. The smallest absolute Gasteiger partial charge is 0.370 e. The molecule has 1 unspecified atom stereocenters. The summed E-state index contributed by atoms with van der Waals surface area (Å²) in [7, 11) is 0. The predicted octanol–water partition coefficient (Wildman–Crippen LogP) is 2.04. The van der Waals surface area contributed by atoms with Gasteiger partial charge in [-0.25, -0.2) is 15.0 Å². The number of nitrogens with one attached hydrogen (secondary N) is 1. The lowest BCUT2D eigenvalue weighted by atomic mass is 10.1. The van der Waals surface area contributed by atoms with Crippen molar-refractivity contribution in [2.45, 2.75) is 24.8 Å². The van der Waals surface area contributed by atoms with Gasteiger partial charge in [-0.1, -0.05) is 6.07 Å². The summed E-state index contributed by atoms with van der Waals surface area (Å²) in [5.41, 5.74) is 9.91. The van der Waals surface area contributed by atoms with Gasteiger partial charge >= 0.3 is 6.18 Å². The van der Waals surface area contributed by atoms with E-state index in [2.05, 4.69) is 25.3 Å². The van der Waals surface area contributed by atoms with Crippen LogP contribution in [0.15, 0.2) is 46.5 Å². The third-order valence-electron chi connectivity index (χ3n) is 3.74. The van der Waals surface area contributed by atoms with Crippen LogP contribution >= 0.6 is 0 Å². The number of nitrogens with zero attached hydrogens (tertiary/aromatic N) is 4. The standard InChI is InChI=1S/C16H14F5N7/c1-14(17,18)11-7-8(5-6-24-11)16(23)27-12(26-13(22)28-16)9-3-2-4-10(25-9)15(19,20)21/h2-7H,23H2,1H3,(H3,22,26,27,28). The molecule has 0 radical (unpaired) electrons. The Kier molecular flexibility index (Phi) is 4.54. The number of halogens is 5. The van der Waals surface area contributed by atoms with Crippen molar-refractivity contribution in [1.29, 1.82) is 0 Å². The zero-order valence-corrected chi connectivity index (χ0v) is 14.3. The van der Waals surface area contributed by atoms with E-state index in [1.807, 2.05) is 0 Å². The molecule has 3 rings (SSSR count). The molecule has 1 atom stereocenters. The SMILES string of the molecule is CC(F)(F)c1cc(C2(N)N=C(N)NC(c3cccc(C(F)(F)F)n3)=N2)ccn1. The molecule has 7 nitrogen and oxygen atoms in total. The Morgan fingerprint density at radius 3 is 2.39 bits per heavy atom. The van der Waals surface area contributed by atoms with Gasteiger partial charge in [0.25, 0.3) is 5.92 Å². The van der Waals surface area contributed by atoms with Crippen LogP contribution in [0.4, 0.5) is 22.0 Å². The third kappa shape index (κ3) is 3.91. The molecule has 1 aliphatic rings. The largest absolute Gasteiger partial charge is 0.433 e. The fourth-order valence-corrected chi connectivity index (χ4v) is 2.43. The monoisotopic (exact) mass is 399 g/mol. The van der Waals surface area contributed by atoms with Crippen LogP contribution < -0.4 is 16.8 Å². The van der Waals surface area contributed by atoms with Crippen molar-refractivity contribution in [3.63, 3.8) is 0 Å². The second kappa shape index (κ2) is 6.48.